The number of carboxylic acids is 2. The minimum atomic E-state index is -1.21. The summed E-state index contributed by atoms with van der Waals surface area (Å²) in [6.07, 6.45) is 0. The van der Waals surface area contributed by atoms with Gasteiger partial charge in [0.15, 0.2) is 0 Å². The topological polar surface area (TPSA) is 98.7 Å². The average Bonchev–Trinajstić information content (AvgIpc) is 2.62. The third kappa shape index (κ3) is 4.54. The largest absolute Gasteiger partial charge is 0.478 e. The van der Waals surface area contributed by atoms with E-state index >= 15 is 0 Å². The number of hydrogen-bond acceptors (Lipinski definition) is 4. The van der Waals surface area contributed by atoms with E-state index in [-0.39, 0.29) is 22.5 Å². The first-order valence-electron chi connectivity index (χ1n) is 8.03. The molecule has 3 aromatic rings. The molecule has 28 heavy (non-hydrogen) atoms. The minimum absolute atomic E-state index is 0.102. The second kappa shape index (κ2) is 8.21. The van der Waals surface area contributed by atoms with Crippen molar-refractivity contribution in [1.29, 1.82) is 0 Å². The molecular formula is C20H14Cl2N2O4. The fourth-order valence-electron chi connectivity index (χ4n) is 2.60. The molecule has 0 saturated heterocycles. The van der Waals surface area contributed by atoms with E-state index in [4.69, 9.17) is 23.2 Å². The maximum Gasteiger partial charge on any atom is 0.337 e. The number of anilines is 4. The fraction of sp³-hybridized carbons (Fsp3) is 0. The second-order valence-corrected chi connectivity index (χ2v) is 6.70. The number of carbonyl (C=O) groups is 2. The summed E-state index contributed by atoms with van der Waals surface area (Å²) in [6.45, 7) is 0. The van der Waals surface area contributed by atoms with Crippen LogP contribution in [0.4, 0.5) is 22.7 Å². The first-order chi connectivity index (χ1) is 13.3. The van der Waals surface area contributed by atoms with Crippen molar-refractivity contribution in [2.45, 2.75) is 0 Å². The molecule has 3 rings (SSSR count). The van der Waals surface area contributed by atoms with Crippen LogP contribution in [0.3, 0.4) is 0 Å². The average molecular weight is 417 g/mol. The Kier molecular flexibility index (Phi) is 5.73. The smallest absolute Gasteiger partial charge is 0.337 e. The molecule has 0 aliphatic rings. The summed E-state index contributed by atoms with van der Waals surface area (Å²) in [7, 11) is 0. The fourth-order valence-corrected chi connectivity index (χ4v) is 2.98. The van der Waals surface area contributed by atoms with Gasteiger partial charge in [-0.3, -0.25) is 0 Å². The van der Waals surface area contributed by atoms with Gasteiger partial charge in [-0.2, -0.15) is 0 Å². The van der Waals surface area contributed by atoms with E-state index in [2.05, 4.69) is 10.6 Å². The van der Waals surface area contributed by atoms with Crippen molar-refractivity contribution in [2.75, 3.05) is 10.6 Å². The van der Waals surface area contributed by atoms with Crippen molar-refractivity contribution in [3.8, 4) is 0 Å². The van der Waals surface area contributed by atoms with Crippen molar-refractivity contribution < 1.29 is 19.8 Å². The summed E-state index contributed by atoms with van der Waals surface area (Å²) in [5.74, 6) is -2.42. The molecule has 0 bridgehead atoms. The maximum absolute atomic E-state index is 11.8. The highest BCUT2D eigenvalue weighted by Crippen LogP contribution is 2.31. The Morgan fingerprint density at radius 1 is 0.679 bits per heavy atom. The van der Waals surface area contributed by atoms with Gasteiger partial charge in [0.2, 0.25) is 0 Å². The molecule has 0 unspecified atom stereocenters. The van der Waals surface area contributed by atoms with Crippen molar-refractivity contribution >= 4 is 57.9 Å². The Bertz CT molecular complexity index is 985. The van der Waals surface area contributed by atoms with Crippen molar-refractivity contribution in [3.63, 3.8) is 0 Å². The summed E-state index contributed by atoms with van der Waals surface area (Å²) >= 11 is 11.9. The molecule has 0 amide bonds. The molecule has 0 aliphatic heterocycles. The van der Waals surface area contributed by atoms with Gasteiger partial charge in [0.1, 0.15) is 0 Å². The lowest BCUT2D eigenvalue weighted by Crippen LogP contribution is -2.09. The first kappa shape index (κ1) is 19.5. The van der Waals surface area contributed by atoms with Crippen LogP contribution in [0.1, 0.15) is 20.7 Å². The molecule has 6 nitrogen and oxygen atoms in total. The van der Waals surface area contributed by atoms with Crippen LogP contribution in [0, 0.1) is 0 Å². The summed E-state index contributed by atoms with van der Waals surface area (Å²) in [6, 6.07) is 15.8. The van der Waals surface area contributed by atoms with Gasteiger partial charge in [0, 0.05) is 21.4 Å². The minimum Gasteiger partial charge on any atom is -0.478 e. The van der Waals surface area contributed by atoms with E-state index in [1.54, 1.807) is 48.5 Å². The zero-order valence-corrected chi connectivity index (χ0v) is 15.8. The number of nitrogens with one attached hydrogen (secondary N) is 2. The Labute approximate surface area is 170 Å². The van der Waals surface area contributed by atoms with Gasteiger partial charge in [-0.25, -0.2) is 9.59 Å². The quantitative estimate of drug-likeness (QED) is 0.400. The zero-order valence-electron chi connectivity index (χ0n) is 14.2. The van der Waals surface area contributed by atoms with Crippen LogP contribution in [0.2, 0.25) is 10.0 Å². The van der Waals surface area contributed by atoms with E-state index in [1.165, 1.54) is 12.1 Å². The Hall–Kier alpha value is -3.22. The van der Waals surface area contributed by atoms with Gasteiger partial charge in [0.25, 0.3) is 0 Å². The summed E-state index contributed by atoms with van der Waals surface area (Å²) in [5, 5.41) is 25.9. The van der Waals surface area contributed by atoms with Crippen molar-refractivity contribution in [3.05, 3.63) is 81.8 Å². The van der Waals surface area contributed by atoms with Gasteiger partial charge >= 0.3 is 11.9 Å². The molecule has 0 atom stereocenters. The molecule has 0 saturated carbocycles. The van der Waals surface area contributed by atoms with Crippen molar-refractivity contribution in [1.82, 2.24) is 0 Å². The predicted octanol–water partition coefficient (Wildman–Crippen LogP) is 5.88. The molecule has 142 valence electrons. The van der Waals surface area contributed by atoms with Crippen LogP contribution in [0.25, 0.3) is 0 Å². The third-order valence-corrected chi connectivity index (χ3v) is 4.30. The van der Waals surface area contributed by atoms with Gasteiger partial charge in [0.05, 0.1) is 22.5 Å². The lowest BCUT2D eigenvalue weighted by molar-refractivity contribution is 0.0683. The number of rotatable bonds is 6. The summed E-state index contributed by atoms with van der Waals surface area (Å²) in [4.78, 5) is 23.5. The number of carboxylic acid groups (broad SMARTS) is 2. The van der Waals surface area contributed by atoms with Gasteiger partial charge in [-0.1, -0.05) is 35.3 Å². The molecule has 0 aliphatic carbocycles. The van der Waals surface area contributed by atoms with Crippen molar-refractivity contribution in [2.24, 2.45) is 0 Å². The molecule has 0 aromatic heterocycles. The molecular weight excluding hydrogens is 403 g/mol. The summed E-state index contributed by atoms with van der Waals surface area (Å²) in [5.41, 5.74) is 1.11. The first-order valence-corrected chi connectivity index (χ1v) is 8.79. The van der Waals surface area contributed by atoms with E-state index in [1.807, 2.05) is 0 Å². The van der Waals surface area contributed by atoms with Gasteiger partial charge < -0.3 is 20.8 Å². The van der Waals surface area contributed by atoms with Crippen LogP contribution in [0.15, 0.2) is 60.7 Å². The van der Waals surface area contributed by atoms with E-state index in [0.717, 1.165) is 0 Å². The van der Waals surface area contributed by atoms with Gasteiger partial charge in [-0.15, -0.1) is 0 Å². The van der Waals surface area contributed by atoms with E-state index in [0.29, 0.717) is 21.4 Å². The van der Waals surface area contributed by atoms with Crippen LogP contribution >= 0.6 is 23.2 Å². The Balaban J connectivity index is 2.07. The third-order valence-electron chi connectivity index (χ3n) is 3.83. The molecule has 8 heteroatoms. The standard InChI is InChI=1S/C20H14Cl2N2O4/c21-11-3-1-5-13(7-11)23-17-9-16(20(27)28)18(10-15(17)19(25)26)24-14-6-2-4-12(22)8-14/h1-10,23-24H,(H,25,26)(H,27,28). The SMILES string of the molecule is O=C(O)c1cc(Nc2cccc(Cl)c2)c(C(=O)O)cc1Nc1cccc(Cl)c1. The molecule has 3 aromatic carbocycles. The predicted molar refractivity (Wildman–Crippen MR) is 110 cm³/mol. The summed E-state index contributed by atoms with van der Waals surface area (Å²) < 4.78 is 0. The van der Waals surface area contributed by atoms with E-state index < -0.39 is 11.9 Å². The Morgan fingerprint density at radius 3 is 1.39 bits per heavy atom. The number of benzene rings is 3. The zero-order chi connectivity index (χ0) is 20.3. The van der Waals surface area contributed by atoms with Crippen LogP contribution in [-0.4, -0.2) is 22.2 Å². The molecule has 0 spiro atoms. The lowest BCUT2D eigenvalue weighted by Gasteiger charge is -2.16. The van der Waals surface area contributed by atoms with E-state index in [9.17, 15) is 19.8 Å². The Morgan fingerprint density at radius 2 is 1.07 bits per heavy atom. The van der Waals surface area contributed by atoms with Crippen LogP contribution < -0.4 is 10.6 Å². The molecule has 4 N–H and O–H groups in total. The van der Waals surface area contributed by atoms with Gasteiger partial charge in [-0.05, 0) is 48.5 Å². The van der Waals surface area contributed by atoms with Crippen LogP contribution in [-0.2, 0) is 0 Å². The number of halogens is 2. The normalized spacial score (nSPS) is 10.4. The highest BCUT2D eigenvalue weighted by atomic mass is 35.5. The maximum atomic E-state index is 11.8. The molecule has 0 heterocycles. The monoisotopic (exact) mass is 416 g/mol. The number of aromatic carboxylic acids is 2. The van der Waals surface area contributed by atoms with Crippen LogP contribution in [0.5, 0.6) is 0 Å². The second-order valence-electron chi connectivity index (χ2n) is 5.82. The molecule has 0 fully saturated rings. The molecule has 0 radical (unpaired) electrons. The highest BCUT2D eigenvalue weighted by Gasteiger charge is 2.19. The number of hydrogen-bond donors (Lipinski definition) is 4. The lowest BCUT2D eigenvalue weighted by atomic mass is 10.1. The highest BCUT2D eigenvalue weighted by molar-refractivity contribution is 6.31.